The van der Waals surface area contributed by atoms with Crippen molar-refractivity contribution in [2.75, 3.05) is 12.4 Å². The third-order valence-electron chi connectivity index (χ3n) is 2.84. The van der Waals surface area contributed by atoms with Crippen LogP contribution in [0.3, 0.4) is 0 Å². The minimum Gasteiger partial charge on any atom is -0.373 e. The monoisotopic (exact) mass is 258 g/mol. The summed E-state index contributed by atoms with van der Waals surface area (Å²) >= 11 is 1.86. The third-order valence-corrected chi connectivity index (χ3v) is 4.07. The zero-order valence-electron chi connectivity index (χ0n) is 11.0. The number of aromatic nitrogens is 1. The van der Waals surface area contributed by atoms with Crippen molar-refractivity contribution >= 4 is 17.6 Å². The van der Waals surface area contributed by atoms with Gasteiger partial charge in [0.2, 0.25) is 0 Å². The predicted molar refractivity (Wildman–Crippen MR) is 79.3 cm³/mol. The molecule has 0 aliphatic heterocycles. The highest BCUT2D eigenvalue weighted by Crippen LogP contribution is 2.28. The van der Waals surface area contributed by atoms with E-state index >= 15 is 0 Å². The molecule has 0 radical (unpaired) electrons. The molecule has 18 heavy (non-hydrogen) atoms. The first-order valence-corrected chi connectivity index (χ1v) is 7.01. The number of thioether (sulfide) groups is 1. The van der Waals surface area contributed by atoms with Crippen molar-refractivity contribution in [2.24, 2.45) is 0 Å². The Hall–Kier alpha value is -1.48. The summed E-state index contributed by atoms with van der Waals surface area (Å²) in [5.41, 5.74) is 3.90. The van der Waals surface area contributed by atoms with Crippen LogP contribution < -0.4 is 5.32 Å². The zero-order valence-corrected chi connectivity index (χ0v) is 11.8. The molecule has 0 aliphatic carbocycles. The maximum atomic E-state index is 4.32. The topological polar surface area (TPSA) is 24.9 Å². The van der Waals surface area contributed by atoms with E-state index < -0.39 is 0 Å². The van der Waals surface area contributed by atoms with E-state index in [1.54, 1.807) is 0 Å². The standard InChI is InChI=1S/C15H18N2S/c1-11-6-7-14(12(2)9-11)18-10-13-5-4-8-17-15(13)16-3/h4-9H,10H2,1-3H3,(H,16,17). The summed E-state index contributed by atoms with van der Waals surface area (Å²) in [6.07, 6.45) is 1.82. The lowest BCUT2D eigenvalue weighted by atomic mass is 10.2. The van der Waals surface area contributed by atoms with Crippen LogP contribution >= 0.6 is 11.8 Å². The van der Waals surface area contributed by atoms with Crippen LogP contribution in [0, 0.1) is 13.8 Å². The fourth-order valence-corrected chi connectivity index (χ4v) is 2.89. The molecule has 2 nitrogen and oxygen atoms in total. The second-order valence-corrected chi connectivity index (χ2v) is 5.34. The SMILES string of the molecule is CNc1ncccc1CSc1ccc(C)cc1C. The first-order valence-electron chi connectivity index (χ1n) is 6.02. The molecule has 3 heteroatoms. The molecule has 0 amide bonds. The molecule has 1 aromatic carbocycles. The highest BCUT2D eigenvalue weighted by Gasteiger charge is 2.04. The van der Waals surface area contributed by atoms with E-state index in [4.69, 9.17) is 0 Å². The summed E-state index contributed by atoms with van der Waals surface area (Å²) in [6, 6.07) is 10.7. The summed E-state index contributed by atoms with van der Waals surface area (Å²) < 4.78 is 0. The molecule has 2 aromatic rings. The molecule has 0 unspecified atom stereocenters. The molecule has 0 saturated carbocycles. The molecule has 1 N–H and O–H groups in total. The van der Waals surface area contributed by atoms with Crippen molar-refractivity contribution in [3.05, 3.63) is 53.2 Å². The van der Waals surface area contributed by atoms with Gasteiger partial charge in [0.05, 0.1) is 0 Å². The molecule has 0 spiro atoms. The van der Waals surface area contributed by atoms with Crippen molar-refractivity contribution in [3.8, 4) is 0 Å². The normalized spacial score (nSPS) is 10.4. The van der Waals surface area contributed by atoms with E-state index in [0.29, 0.717) is 0 Å². The van der Waals surface area contributed by atoms with Gasteiger partial charge in [-0.1, -0.05) is 23.8 Å². The molecule has 0 atom stereocenters. The quantitative estimate of drug-likeness (QED) is 0.838. The lowest BCUT2D eigenvalue weighted by Gasteiger charge is -2.09. The maximum absolute atomic E-state index is 4.32. The highest BCUT2D eigenvalue weighted by atomic mass is 32.2. The lowest BCUT2D eigenvalue weighted by molar-refractivity contribution is 1.21. The number of nitrogens with one attached hydrogen (secondary N) is 1. The number of nitrogens with zero attached hydrogens (tertiary/aromatic N) is 1. The van der Waals surface area contributed by atoms with Gasteiger partial charge in [-0.3, -0.25) is 0 Å². The Balaban J connectivity index is 2.11. The summed E-state index contributed by atoms with van der Waals surface area (Å²) in [7, 11) is 1.91. The summed E-state index contributed by atoms with van der Waals surface area (Å²) in [5, 5.41) is 3.13. The van der Waals surface area contributed by atoms with E-state index in [0.717, 1.165) is 11.6 Å². The van der Waals surface area contributed by atoms with Crippen molar-refractivity contribution in [1.82, 2.24) is 4.98 Å². The number of anilines is 1. The molecule has 1 heterocycles. The fourth-order valence-electron chi connectivity index (χ4n) is 1.90. The van der Waals surface area contributed by atoms with Gasteiger partial charge < -0.3 is 5.32 Å². The minimum atomic E-state index is 0.938. The van der Waals surface area contributed by atoms with Crippen LogP contribution in [0.5, 0.6) is 0 Å². The van der Waals surface area contributed by atoms with Gasteiger partial charge in [-0.05, 0) is 31.5 Å². The number of hydrogen-bond acceptors (Lipinski definition) is 3. The van der Waals surface area contributed by atoms with E-state index in [1.165, 1.54) is 21.6 Å². The van der Waals surface area contributed by atoms with Crippen LogP contribution in [0.1, 0.15) is 16.7 Å². The van der Waals surface area contributed by atoms with Gasteiger partial charge in [-0.25, -0.2) is 4.98 Å². The van der Waals surface area contributed by atoms with E-state index in [1.807, 2.05) is 31.1 Å². The van der Waals surface area contributed by atoms with Crippen molar-refractivity contribution in [2.45, 2.75) is 24.5 Å². The van der Waals surface area contributed by atoms with Gasteiger partial charge in [-0.2, -0.15) is 0 Å². The maximum Gasteiger partial charge on any atom is 0.129 e. The molecular formula is C15H18N2S. The summed E-state index contributed by atoms with van der Waals surface area (Å²) in [4.78, 5) is 5.66. The Kier molecular flexibility index (Phi) is 4.26. The highest BCUT2D eigenvalue weighted by molar-refractivity contribution is 7.98. The van der Waals surface area contributed by atoms with Crippen LogP contribution in [0.25, 0.3) is 0 Å². The number of aryl methyl sites for hydroxylation is 2. The van der Waals surface area contributed by atoms with Gasteiger partial charge in [0, 0.05) is 29.5 Å². The minimum absolute atomic E-state index is 0.938. The summed E-state index contributed by atoms with van der Waals surface area (Å²) in [6.45, 7) is 4.29. The first kappa shape index (κ1) is 13.0. The zero-order chi connectivity index (χ0) is 13.0. The van der Waals surface area contributed by atoms with Crippen molar-refractivity contribution in [3.63, 3.8) is 0 Å². The third kappa shape index (κ3) is 3.05. The average Bonchev–Trinajstić information content (AvgIpc) is 2.38. The first-order chi connectivity index (χ1) is 8.70. The number of pyridine rings is 1. The number of rotatable bonds is 4. The molecular weight excluding hydrogens is 240 g/mol. The predicted octanol–water partition coefficient (Wildman–Crippen LogP) is 4.03. The molecule has 0 bridgehead atoms. The Bertz CT molecular complexity index is 538. The molecule has 0 fully saturated rings. The summed E-state index contributed by atoms with van der Waals surface area (Å²) in [5.74, 6) is 1.91. The van der Waals surface area contributed by atoms with Crippen molar-refractivity contribution < 1.29 is 0 Å². The number of benzene rings is 1. The van der Waals surface area contributed by atoms with Crippen LogP contribution in [-0.4, -0.2) is 12.0 Å². The van der Waals surface area contributed by atoms with E-state index in [-0.39, 0.29) is 0 Å². The molecule has 0 aliphatic rings. The molecule has 2 rings (SSSR count). The van der Waals surface area contributed by atoms with E-state index in [9.17, 15) is 0 Å². The van der Waals surface area contributed by atoms with E-state index in [2.05, 4.69) is 48.4 Å². The molecule has 94 valence electrons. The van der Waals surface area contributed by atoms with Gasteiger partial charge in [0.25, 0.3) is 0 Å². The smallest absolute Gasteiger partial charge is 0.129 e. The van der Waals surface area contributed by atoms with Gasteiger partial charge in [0.1, 0.15) is 5.82 Å². The number of hydrogen-bond donors (Lipinski definition) is 1. The van der Waals surface area contributed by atoms with Crippen LogP contribution in [-0.2, 0) is 5.75 Å². The lowest BCUT2D eigenvalue weighted by Crippen LogP contribution is -1.96. The van der Waals surface area contributed by atoms with Crippen LogP contribution in [0.2, 0.25) is 0 Å². The Morgan fingerprint density at radius 1 is 1.22 bits per heavy atom. The second kappa shape index (κ2) is 5.91. The molecule has 0 saturated heterocycles. The molecule has 1 aromatic heterocycles. The Morgan fingerprint density at radius 2 is 2.06 bits per heavy atom. The van der Waals surface area contributed by atoms with Gasteiger partial charge in [0.15, 0.2) is 0 Å². The van der Waals surface area contributed by atoms with Gasteiger partial charge in [-0.15, -0.1) is 11.8 Å². The average molecular weight is 258 g/mol. The van der Waals surface area contributed by atoms with Crippen LogP contribution in [0.4, 0.5) is 5.82 Å². The van der Waals surface area contributed by atoms with Crippen LogP contribution in [0.15, 0.2) is 41.4 Å². The second-order valence-electron chi connectivity index (χ2n) is 4.32. The Morgan fingerprint density at radius 3 is 2.78 bits per heavy atom. The van der Waals surface area contributed by atoms with Crippen molar-refractivity contribution in [1.29, 1.82) is 0 Å². The Labute approximate surface area is 113 Å². The largest absolute Gasteiger partial charge is 0.373 e. The van der Waals surface area contributed by atoms with Gasteiger partial charge >= 0.3 is 0 Å². The fraction of sp³-hybridized carbons (Fsp3) is 0.267.